The normalized spacial score (nSPS) is 28.3. The summed E-state index contributed by atoms with van der Waals surface area (Å²) in [6.07, 6.45) is 0. The zero-order valence-electron chi connectivity index (χ0n) is 12.5. The molecule has 0 unspecified atom stereocenters. The average molecular weight is 338 g/mol. The number of carbonyl (C=O) groups is 1. The number of hydrogen-bond acceptors (Lipinski definition) is 4. The molecule has 1 aromatic rings. The number of nitrogens with zero attached hydrogens (tertiary/aromatic N) is 2. The molecule has 5 nitrogen and oxygen atoms in total. The molecule has 2 fully saturated rings. The van der Waals surface area contributed by atoms with E-state index < -0.39 is 9.84 Å². The third-order valence-electron chi connectivity index (χ3n) is 3.80. The van der Waals surface area contributed by atoms with Gasteiger partial charge in [-0.25, -0.2) is 8.42 Å². The number of hydrogen-bond donors (Lipinski definition) is 0. The van der Waals surface area contributed by atoms with Gasteiger partial charge < -0.3 is 4.90 Å². The van der Waals surface area contributed by atoms with Crippen LogP contribution in [0.25, 0.3) is 0 Å². The van der Waals surface area contributed by atoms with Crippen LogP contribution in [0.1, 0.15) is 13.8 Å². The highest BCUT2D eigenvalue weighted by Crippen LogP contribution is 2.40. The second kappa shape index (κ2) is 5.70. The lowest BCUT2D eigenvalue weighted by Crippen LogP contribution is -2.37. The summed E-state index contributed by atoms with van der Waals surface area (Å²) in [4.78, 5) is 18.1. The Labute approximate surface area is 134 Å². The zero-order chi connectivity index (χ0) is 15.9. The molecule has 7 heteroatoms. The molecule has 3 rings (SSSR count). The van der Waals surface area contributed by atoms with Crippen LogP contribution >= 0.6 is 11.8 Å². The van der Waals surface area contributed by atoms with Crippen LogP contribution in [0, 0.1) is 5.92 Å². The van der Waals surface area contributed by atoms with E-state index in [0.717, 1.165) is 5.69 Å². The van der Waals surface area contributed by atoms with Crippen molar-refractivity contribution in [2.75, 3.05) is 16.4 Å². The van der Waals surface area contributed by atoms with Crippen LogP contribution in [-0.4, -0.2) is 42.3 Å². The fourth-order valence-corrected chi connectivity index (χ4v) is 6.60. The lowest BCUT2D eigenvalue weighted by atomic mass is 10.2. The highest BCUT2D eigenvalue weighted by Gasteiger charge is 2.49. The molecule has 2 saturated heterocycles. The van der Waals surface area contributed by atoms with E-state index in [1.807, 2.05) is 49.1 Å². The minimum Gasteiger partial charge on any atom is -0.316 e. The molecule has 2 aliphatic heterocycles. The molecular weight excluding hydrogens is 320 g/mol. The summed E-state index contributed by atoms with van der Waals surface area (Å²) >= 11 is 1.41. The zero-order valence-corrected chi connectivity index (χ0v) is 14.1. The number of aliphatic imine (C=N–C) groups is 1. The first kappa shape index (κ1) is 15.6. The highest BCUT2D eigenvalue weighted by molar-refractivity contribution is 8.16. The predicted molar refractivity (Wildman–Crippen MR) is 90.0 cm³/mol. The van der Waals surface area contributed by atoms with E-state index in [1.54, 1.807) is 0 Å². The Balaban J connectivity index is 2.00. The van der Waals surface area contributed by atoms with Crippen molar-refractivity contribution in [2.24, 2.45) is 10.9 Å². The number of fused-ring (bicyclic) bond motifs is 1. The van der Waals surface area contributed by atoms with Gasteiger partial charge >= 0.3 is 0 Å². The summed E-state index contributed by atoms with van der Waals surface area (Å²) in [5.41, 5.74) is 0.884. The number of benzene rings is 1. The van der Waals surface area contributed by atoms with Gasteiger partial charge in [0.05, 0.1) is 17.5 Å². The van der Waals surface area contributed by atoms with Gasteiger partial charge in [0, 0.05) is 16.9 Å². The third kappa shape index (κ3) is 2.92. The van der Waals surface area contributed by atoms with Gasteiger partial charge in [-0.3, -0.25) is 4.79 Å². The SMILES string of the molecule is CC(C)C(=O)N=C1S[C@@H]2CS(=O)(=O)C[C@@H]2N1c1ccccc1. The van der Waals surface area contributed by atoms with Gasteiger partial charge in [-0.15, -0.1) is 0 Å². The Bertz CT molecular complexity index is 714. The Kier molecular flexibility index (Phi) is 4.03. The molecule has 0 spiro atoms. The van der Waals surface area contributed by atoms with E-state index in [9.17, 15) is 13.2 Å². The number of carbonyl (C=O) groups excluding carboxylic acids is 1. The number of para-hydroxylation sites is 1. The quantitative estimate of drug-likeness (QED) is 0.824. The molecule has 2 heterocycles. The van der Waals surface area contributed by atoms with E-state index in [4.69, 9.17) is 0 Å². The van der Waals surface area contributed by atoms with Crippen molar-refractivity contribution >= 4 is 38.4 Å². The van der Waals surface area contributed by atoms with Crippen molar-refractivity contribution in [1.82, 2.24) is 0 Å². The summed E-state index contributed by atoms with van der Waals surface area (Å²) in [7, 11) is -3.02. The summed E-state index contributed by atoms with van der Waals surface area (Å²) in [5.74, 6) is -0.0733. The van der Waals surface area contributed by atoms with Gasteiger partial charge in [-0.2, -0.15) is 4.99 Å². The summed E-state index contributed by atoms with van der Waals surface area (Å²) in [5, 5.41) is 0.568. The maximum atomic E-state index is 12.0. The third-order valence-corrected chi connectivity index (χ3v) is 7.01. The minimum atomic E-state index is -3.02. The monoisotopic (exact) mass is 338 g/mol. The Morgan fingerprint density at radius 1 is 1.27 bits per heavy atom. The van der Waals surface area contributed by atoms with Crippen LogP contribution in [0.2, 0.25) is 0 Å². The van der Waals surface area contributed by atoms with Crippen molar-refractivity contribution in [1.29, 1.82) is 0 Å². The smallest absolute Gasteiger partial charge is 0.250 e. The highest BCUT2D eigenvalue weighted by atomic mass is 32.2. The Morgan fingerprint density at radius 2 is 1.95 bits per heavy atom. The summed E-state index contributed by atoms with van der Waals surface area (Å²) in [6, 6.07) is 9.41. The lowest BCUT2D eigenvalue weighted by molar-refractivity contribution is -0.120. The standard InChI is InChI=1S/C15H18N2O3S2/c1-10(2)14(18)16-15-17(11-6-4-3-5-7-11)12-8-22(19,20)9-13(12)21-15/h3-7,10,12-13H,8-9H2,1-2H3/t12-,13+/m0/s1. The van der Waals surface area contributed by atoms with E-state index >= 15 is 0 Å². The lowest BCUT2D eigenvalue weighted by Gasteiger charge is -2.24. The van der Waals surface area contributed by atoms with E-state index in [0.29, 0.717) is 5.17 Å². The molecule has 0 aliphatic carbocycles. The molecular formula is C15H18N2O3S2. The van der Waals surface area contributed by atoms with Gasteiger partial charge in [0.15, 0.2) is 15.0 Å². The fraction of sp³-hybridized carbons (Fsp3) is 0.467. The molecule has 0 radical (unpaired) electrons. The summed E-state index contributed by atoms with van der Waals surface area (Å²) < 4.78 is 23.8. The molecule has 0 aromatic heterocycles. The molecule has 1 amide bonds. The maximum Gasteiger partial charge on any atom is 0.250 e. The number of amides is 1. The second-order valence-corrected chi connectivity index (χ2v) is 9.25. The number of anilines is 1. The summed E-state index contributed by atoms with van der Waals surface area (Å²) in [6.45, 7) is 3.62. The number of amidine groups is 1. The van der Waals surface area contributed by atoms with Gasteiger partial charge in [0.1, 0.15) is 0 Å². The van der Waals surface area contributed by atoms with E-state index in [1.165, 1.54) is 11.8 Å². The maximum absolute atomic E-state index is 12.0. The molecule has 22 heavy (non-hydrogen) atoms. The van der Waals surface area contributed by atoms with Crippen molar-refractivity contribution < 1.29 is 13.2 Å². The Hall–Kier alpha value is -1.34. The van der Waals surface area contributed by atoms with Gasteiger partial charge in [-0.05, 0) is 12.1 Å². The van der Waals surface area contributed by atoms with Crippen molar-refractivity contribution in [3.63, 3.8) is 0 Å². The topological polar surface area (TPSA) is 66.8 Å². The van der Waals surface area contributed by atoms with Crippen molar-refractivity contribution in [2.45, 2.75) is 25.1 Å². The van der Waals surface area contributed by atoms with Crippen LogP contribution in [0.15, 0.2) is 35.3 Å². The number of rotatable bonds is 2. The predicted octanol–water partition coefficient (Wildman–Crippen LogP) is 1.94. The van der Waals surface area contributed by atoms with Crippen LogP contribution in [0.4, 0.5) is 5.69 Å². The van der Waals surface area contributed by atoms with Crippen LogP contribution < -0.4 is 4.90 Å². The first-order chi connectivity index (χ1) is 10.4. The molecule has 0 bridgehead atoms. The largest absolute Gasteiger partial charge is 0.316 e. The van der Waals surface area contributed by atoms with Crippen LogP contribution in [0.3, 0.4) is 0 Å². The average Bonchev–Trinajstić information content (AvgIpc) is 2.90. The van der Waals surface area contributed by atoms with Crippen molar-refractivity contribution in [3.8, 4) is 0 Å². The second-order valence-electron chi connectivity index (χ2n) is 5.89. The molecule has 1 aromatic carbocycles. The van der Waals surface area contributed by atoms with Gasteiger partial charge in [0.2, 0.25) is 0 Å². The van der Waals surface area contributed by atoms with Crippen molar-refractivity contribution in [3.05, 3.63) is 30.3 Å². The fourth-order valence-electron chi connectivity index (χ4n) is 2.68. The molecule has 0 saturated carbocycles. The molecule has 2 aliphatic rings. The van der Waals surface area contributed by atoms with Gasteiger partial charge in [-0.1, -0.05) is 43.8 Å². The first-order valence-corrected chi connectivity index (χ1v) is 9.91. The molecule has 2 atom stereocenters. The van der Waals surface area contributed by atoms with Gasteiger partial charge in [0.25, 0.3) is 5.91 Å². The molecule has 118 valence electrons. The number of sulfone groups is 1. The van der Waals surface area contributed by atoms with E-state index in [2.05, 4.69) is 4.99 Å². The molecule has 0 N–H and O–H groups in total. The van der Waals surface area contributed by atoms with Crippen LogP contribution in [0.5, 0.6) is 0 Å². The first-order valence-electron chi connectivity index (χ1n) is 7.21. The van der Waals surface area contributed by atoms with Crippen LogP contribution in [-0.2, 0) is 14.6 Å². The Morgan fingerprint density at radius 3 is 2.59 bits per heavy atom. The van der Waals surface area contributed by atoms with E-state index in [-0.39, 0.29) is 34.6 Å². The number of thioether (sulfide) groups is 1. The minimum absolute atomic E-state index is 0.0519.